The Labute approximate surface area is 103 Å². The highest BCUT2D eigenvalue weighted by Gasteiger charge is 2.25. The van der Waals surface area contributed by atoms with E-state index in [1.54, 1.807) is 0 Å². The van der Waals surface area contributed by atoms with Crippen molar-refractivity contribution in [2.75, 3.05) is 6.54 Å². The largest absolute Gasteiger partial charge is 0.309 e. The first-order chi connectivity index (χ1) is 8.31. The van der Waals surface area contributed by atoms with Crippen LogP contribution in [-0.2, 0) is 0 Å². The molecule has 2 rings (SSSR count). The standard InChI is InChI=1S/C14H21FN2/c1-2-16-14(11-6-4-3-5-7-11)13-9-8-12(15)10-17-13/h8-11,14,16H,2-7H2,1H3. The molecule has 3 heteroatoms. The second-order valence-corrected chi connectivity index (χ2v) is 4.83. The second-order valence-electron chi connectivity index (χ2n) is 4.83. The molecule has 0 spiro atoms. The van der Waals surface area contributed by atoms with Crippen LogP contribution in [-0.4, -0.2) is 11.5 Å². The Morgan fingerprint density at radius 3 is 2.71 bits per heavy atom. The molecule has 0 amide bonds. The lowest BCUT2D eigenvalue weighted by molar-refractivity contribution is 0.270. The van der Waals surface area contributed by atoms with Crippen LogP contribution in [0.1, 0.15) is 50.8 Å². The van der Waals surface area contributed by atoms with Gasteiger partial charge in [0.25, 0.3) is 0 Å². The van der Waals surface area contributed by atoms with E-state index in [4.69, 9.17) is 0 Å². The van der Waals surface area contributed by atoms with Crippen LogP contribution in [0.4, 0.5) is 4.39 Å². The molecule has 17 heavy (non-hydrogen) atoms. The van der Waals surface area contributed by atoms with E-state index >= 15 is 0 Å². The molecule has 1 N–H and O–H groups in total. The Morgan fingerprint density at radius 1 is 1.35 bits per heavy atom. The molecular formula is C14H21FN2. The number of nitrogens with zero attached hydrogens (tertiary/aromatic N) is 1. The van der Waals surface area contributed by atoms with Gasteiger partial charge < -0.3 is 5.32 Å². The molecule has 1 aromatic heterocycles. The van der Waals surface area contributed by atoms with Crippen molar-refractivity contribution >= 4 is 0 Å². The minimum Gasteiger partial charge on any atom is -0.309 e. The number of aromatic nitrogens is 1. The van der Waals surface area contributed by atoms with E-state index in [0.29, 0.717) is 12.0 Å². The number of nitrogens with one attached hydrogen (secondary N) is 1. The third-order valence-corrected chi connectivity index (χ3v) is 3.61. The summed E-state index contributed by atoms with van der Waals surface area (Å²) in [4.78, 5) is 4.23. The van der Waals surface area contributed by atoms with Gasteiger partial charge in [0, 0.05) is 0 Å². The van der Waals surface area contributed by atoms with Crippen molar-refractivity contribution in [2.45, 2.75) is 45.1 Å². The van der Waals surface area contributed by atoms with E-state index in [9.17, 15) is 4.39 Å². The van der Waals surface area contributed by atoms with Crippen LogP contribution in [0, 0.1) is 11.7 Å². The van der Waals surface area contributed by atoms with Crippen LogP contribution >= 0.6 is 0 Å². The SMILES string of the molecule is CCNC(c1ccc(F)cn1)C1CCCCC1. The molecule has 0 radical (unpaired) electrons. The van der Waals surface area contributed by atoms with Gasteiger partial charge in [-0.1, -0.05) is 26.2 Å². The third kappa shape index (κ3) is 3.25. The average molecular weight is 236 g/mol. The first-order valence-corrected chi connectivity index (χ1v) is 6.66. The quantitative estimate of drug-likeness (QED) is 0.866. The van der Waals surface area contributed by atoms with Gasteiger partial charge in [0.2, 0.25) is 0 Å². The zero-order chi connectivity index (χ0) is 12.1. The third-order valence-electron chi connectivity index (χ3n) is 3.61. The predicted molar refractivity (Wildman–Crippen MR) is 67.2 cm³/mol. The van der Waals surface area contributed by atoms with E-state index in [-0.39, 0.29) is 5.82 Å². The highest BCUT2D eigenvalue weighted by Crippen LogP contribution is 2.33. The zero-order valence-electron chi connectivity index (χ0n) is 10.5. The van der Waals surface area contributed by atoms with Crippen molar-refractivity contribution in [1.29, 1.82) is 0 Å². The smallest absolute Gasteiger partial charge is 0.141 e. The van der Waals surface area contributed by atoms with E-state index < -0.39 is 0 Å². The molecule has 1 atom stereocenters. The fourth-order valence-corrected chi connectivity index (χ4v) is 2.77. The van der Waals surface area contributed by atoms with Gasteiger partial charge in [-0.15, -0.1) is 0 Å². The molecule has 1 aliphatic carbocycles. The summed E-state index contributed by atoms with van der Waals surface area (Å²) in [6.45, 7) is 3.04. The van der Waals surface area contributed by atoms with Gasteiger partial charge in [0.05, 0.1) is 17.9 Å². The van der Waals surface area contributed by atoms with Crippen molar-refractivity contribution in [1.82, 2.24) is 10.3 Å². The van der Waals surface area contributed by atoms with Crippen molar-refractivity contribution in [2.24, 2.45) is 5.92 Å². The summed E-state index contributed by atoms with van der Waals surface area (Å²) in [6.07, 6.45) is 7.82. The molecule has 94 valence electrons. The summed E-state index contributed by atoms with van der Waals surface area (Å²) in [6, 6.07) is 3.62. The summed E-state index contributed by atoms with van der Waals surface area (Å²) in [7, 11) is 0. The molecule has 0 bridgehead atoms. The lowest BCUT2D eigenvalue weighted by atomic mass is 9.82. The Balaban J connectivity index is 2.12. The Kier molecular flexibility index (Phi) is 4.49. The first-order valence-electron chi connectivity index (χ1n) is 6.66. The summed E-state index contributed by atoms with van der Waals surface area (Å²) in [5.41, 5.74) is 0.986. The molecule has 1 aromatic rings. The summed E-state index contributed by atoms with van der Waals surface area (Å²) < 4.78 is 12.9. The number of rotatable bonds is 4. The molecule has 0 saturated heterocycles. The van der Waals surface area contributed by atoms with Crippen molar-refractivity contribution in [3.8, 4) is 0 Å². The maximum absolute atomic E-state index is 12.9. The molecule has 2 nitrogen and oxygen atoms in total. The minimum atomic E-state index is -0.257. The van der Waals surface area contributed by atoms with Crippen molar-refractivity contribution in [3.05, 3.63) is 29.8 Å². The second kappa shape index (κ2) is 6.10. The van der Waals surface area contributed by atoms with E-state index in [1.807, 2.05) is 6.07 Å². The lowest BCUT2D eigenvalue weighted by Gasteiger charge is -2.30. The summed E-state index contributed by atoms with van der Waals surface area (Å²) >= 11 is 0. The predicted octanol–water partition coefficient (Wildman–Crippen LogP) is 3.45. The summed E-state index contributed by atoms with van der Waals surface area (Å²) in [5, 5.41) is 3.50. The van der Waals surface area contributed by atoms with Crippen molar-refractivity contribution in [3.63, 3.8) is 0 Å². The maximum atomic E-state index is 12.9. The van der Waals surface area contributed by atoms with Gasteiger partial charge in [-0.3, -0.25) is 4.98 Å². The monoisotopic (exact) mass is 236 g/mol. The molecule has 1 heterocycles. The van der Waals surface area contributed by atoms with Crippen LogP contribution in [0.3, 0.4) is 0 Å². The van der Waals surface area contributed by atoms with Gasteiger partial charge in [0.15, 0.2) is 0 Å². The fourth-order valence-electron chi connectivity index (χ4n) is 2.77. The van der Waals surface area contributed by atoms with Gasteiger partial charge in [-0.2, -0.15) is 0 Å². The lowest BCUT2D eigenvalue weighted by Crippen LogP contribution is -2.30. The van der Waals surface area contributed by atoms with Crippen LogP contribution in [0.25, 0.3) is 0 Å². The normalized spacial score (nSPS) is 19.2. The van der Waals surface area contributed by atoms with Crippen molar-refractivity contribution < 1.29 is 4.39 Å². The number of halogens is 1. The Hall–Kier alpha value is -0.960. The Morgan fingerprint density at radius 2 is 2.12 bits per heavy atom. The van der Waals surface area contributed by atoms with Crippen LogP contribution in [0.5, 0.6) is 0 Å². The highest BCUT2D eigenvalue weighted by molar-refractivity contribution is 5.11. The number of pyridine rings is 1. The minimum absolute atomic E-state index is 0.257. The van der Waals surface area contributed by atoms with Gasteiger partial charge in [-0.25, -0.2) is 4.39 Å². The fraction of sp³-hybridized carbons (Fsp3) is 0.643. The first kappa shape index (κ1) is 12.5. The topological polar surface area (TPSA) is 24.9 Å². The molecule has 1 fully saturated rings. The van der Waals surface area contributed by atoms with E-state index in [0.717, 1.165) is 12.2 Å². The zero-order valence-corrected chi connectivity index (χ0v) is 10.5. The molecule has 1 unspecified atom stereocenters. The van der Waals surface area contributed by atoms with Gasteiger partial charge in [0.1, 0.15) is 5.82 Å². The molecule has 0 aromatic carbocycles. The highest BCUT2D eigenvalue weighted by atomic mass is 19.1. The van der Waals surface area contributed by atoms with E-state index in [2.05, 4.69) is 17.2 Å². The van der Waals surface area contributed by atoms with Gasteiger partial charge >= 0.3 is 0 Å². The molecular weight excluding hydrogens is 215 g/mol. The van der Waals surface area contributed by atoms with Crippen LogP contribution in [0.15, 0.2) is 18.3 Å². The van der Waals surface area contributed by atoms with Crippen LogP contribution in [0.2, 0.25) is 0 Å². The number of hydrogen-bond acceptors (Lipinski definition) is 2. The average Bonchev–Trinajstić information content (AvgIpc) is 2.38. The summed E-state index contributed by atoms with van der Waals surface area (Å²) in [5.74, 6) is 0.398. The van der Waals surface area contributed by atoms with E-state index in [1.165, 1.54) is 44.4 Å². The van der Waals surface area contributed by atoms with Gasteiger partial charge in [-0.05, 0) is 37.4 Å². The molecule has 1 saturated carbocycles. The van der Waals surface area contributed by atoms with Crippen LogP contribution < -0.4 is 5.32 Å². The Bertz CT molecular complexity index is 331. The number of hydrogen-bond donors (Lipinski definition) is 1. The molecule has 0 aliphatic heterocycles. The molecule has 1 aliphatic rings. The maximum Gasteiger partial charge on any atom is 0.141 e.